The highest BCUT2D eigenvalue weighted by atomic mass is 32.1. The van der Waals surface area contributed by atoms with Gasteiger partial charge in [0.15, 0.2) is 0 Å². The van der Waals surface area contributed by atoms with Gasteiger partial charge in [0.2, 0.25) is 0 Å². The van der Waals surface area contributed by atoms with E-state index in [4.69, 9.17) is 5.26 Å². The molecule has 1 rings (SSSR count). The quantitative estimate of drug-likeness (QED) is 0.505. The number of thiol groups is 1. The summed E-state index contributed by atoms with van der Waals surface area (Å²) in [6.45, 7) is 0. The molecule has 0 amide bonds. The van der Waals surface area contributed by atoms with Crippen LogP contribution in [0.5, 0.6) is 0 Å². The van der Waals surface area contributed by atoms with Gasteiger partial charge in [-0.25, -0.2) is 0 Å². The molecule has 0 heterocycles. The summed E-state index contributed by atoms with van der Waals surface area (Å²) in [5.41, 5.74) is 0.750. The SMILES string of the molecule is N#CC1=CCC(S)C=C1. The highest BCUT2D eigenvalue weighted by Gasteiger charge is 2.01. The highest BCUT2D eigenvalue weighted by molar-refractivity contribution is 7.81. The largest absolute Gasteiger partial charge is 0.192 e. The molecule has 0 saturated heterocycles. The summed E-state index contributed by atoms with van der Waals surface area (Å²) in [6, 6.07) is 2.06. The van der Waals surface area contributed by atoms with Crippen LogP contribution in [0.2, 0.25) is 0 Å². The van der Waals surface area contributed by atoms with Crippen LogP contribution in [0, 0.1) is 11.3 Å². The zero-order valence-corrected chi connectivity index (χ0v) is 5.81. The van der Waals surface area contributed by atoms with Gasteiger partial charge in [0.1, 0.15) is 0 Å². The van der Waals surface area contributed by atoms with Crippen LogP contribution in [0.25, 0.3) is 0 Å². The number of hydrogen-bond donors (Lipinski definition) is 1. The minimum Gasteiger partial charge on any atom is -0.192 e. The van der Waals surface area contributed by atoms with Crippen LogP contribution >= 0.6 is 12.6 Å². The summed E-state index contributed by atoms with van der Waals surface area (Å²) in [4.78, 5) is 0. The Morgan fingerprint density at radius 3 is 3.00 bits per heavy atom. The van der Waals surface area contributed by atoms with E-state index >= 15 is 0 Å². The first-order valence-electron chi connectivity index (χ1n) is 2.79. The Morgan fingerprint density at radius 2 is 2.56 bits per heavy atom. The van der Waals surface area contributed by atoms with Crippen molar-refractivity contribution < 1.29 is 0 Å². The van der Waals surface area contributed by atoms with Crippen LogP contribution in [-0.4, -0.2) is 5.25 Å². The monoisotopic (exact) mass is 137 g/mol. The van der Waals surface area contributed by atoms with Gasteiger partial charge in [-0.3, -0.25) is 0 Å². The fourth-order valence-electron chi connectivity index (χ4n) is 0.692. The van der Waals surface area contributed by atoms with Crippen molar-refractivity contribution in [1.29, 1.82) is 5.26 Å². The number of hydrogen-bond acceptors (Lipinski definition) is 2. The summed E-state index contributed by atoms with van der Waals surface area (Å²) in [5.74, 6) is 0. The van der Waals surface area contributed by atoms with Crippen LogP contribution in [0.1, 0.15) is 6.42 Å². The number of rotatable bonds is 0. The molecule has 0 aromatic carbocycles. The Labute approximate surface area is 60.1 Å². The Kier molecular flexibility index (Phi) is 1.96. The molecule has 0 saturated carbocycles. The first-order chi connectivity index (χ1) is 4.33. The van der Waals surface area contributed by atoms with E-state index in [-0.39, 0.29) is 0 Å². The highest BCUT2D eigenvalue weighted by Crippen LogP contribution is 2.13. The van der Waals surface area contributed by atoms with Gasteiger partial charge in [-0.05, 0) is 12.5 Å². The molecule has 2 heteroatoms. The first-order valence-corrected chi connectivity index (χ1v) is 3.31. The Hall–Kier alpha value is -0.680. The molecule has 0 bridgehead atoms. The second-order valence-electron chi connectivity index (χ2n) is 1.93. The van der Waals surface area contributed by atoms with Crippen LogP contribution in [0.15, 0.2) is 23.8 Å². The van der Waals surface area contributed by atoms with Gasteiger partial charge in [0.25, 0.3) is 0 Å². The topological polar surface area (TPSA) is 23.8 Å². The second-order valence-corrected chi connectivity index (χ2v) is 2.60. The van der Waals surface area contributed by atoms with Crippen molar-refractivity contribution in [3.8, 4) is 6.07 Å². The minimum absolute atomic E-state index is 0.307. The Morgan fingerprint density at radius 1 is 1.78 bits per heavy atom. The predicted molar refractivity (Wildman–Crippen MR) is 40.2 cm³/mol. The summed E-state index contributed by atoms with van der Waals surface area (Å²) in [7, 11) is 0. The average Bonchev–Trinajstić information content (AvgIpc) is 1.90. The van der Waals surface area contributed by atoms with Gasteiger partial charge in [-0.2, -0.15) is 17.9 Å². The molecule has 1 atom stereocenters. The summed E-state index contributed by atoms with van der Waals surface area (Å²) in [5, 5.41) is 8.69. The molecular weight excluding hydrogens is 130 g/mol. The molecule has 9 heavy (non-hydrogen) atoms. The number of nitriles is 1. The van der Waals surface area contributed by atoms with Crippen molar-refractivity contribution in [2.75, 3.05) is 0 Å². The van der Waals surface area contributed by atoms with Crippen molar-refractivity contribution in [3.63, 3.8) is 0 Å². The smallest absolute Gasteiger partial charge is 0.0988 e. The summed E-state index contributed by atoms with van der Waals surface area (Å²) < 4.78 is 0. The van der Waals surface area contributed by atoms with Gasteiger partial charge < -0.3 is 0 Å². The standard InChI is InChI=1S/C7H7NS/c8-5-6-1-3-7(9)4-2-6/h1-3,7,9H,4H2. The van der Waals surface area contributed by atoms with Crippen LogP contribution in [0.3, 0.4) is 0 Å². The van der Waals surface area contributed by atoms with Crippen LogP contribution < -0.4 is 0 Å². The van der Waals surface area contributed by atoms with Crippen molar-refractivity contribution in [2.45, 2.75) is 11.7 Å². The fourth-order valence-corrected chi connectivity index (χ4v) is 0.883. The lowest BCUT2D eigenvalue weighted by molar-refractivity contribution is 1.05. The zero-order valence-electron chi connectivity index (χ0n) is 4.91. The number of nitrogens with zero attached hydrogens (tertiary/aromatic N) is 1. The van der Waals surface area contributed by atoms with E-state index in [1.165, 1.54) is 0 Å². The van der Waals surface area contributed by atoms with Gasteiger partial charge >= 0.3 is 0 Å². The molecule has 0 N–H and O–H groups in total. The lowest BCUT2D eigenvalue weighted by Gasteiger charge is -2.04. The molecule has 1 nitrogen and oxygen atoms in total. The molecule has 0 fully saturated rings. The normalized spacial score (nSPS) is 24.9. The lowest BCUT2D eigenvalue weighted by Crippen LogP contribution is -1.95. The van der Waals surface area contributed by atoms with E-state index in [0.717, 1.165) is 12.0 Å². The number of allylic oxidation sites excluding steroid dienone is 3. The van der Waals surface area contributed by atoms with Crippen molar-refractivity contribution >= 4 is 12.6 Å². The Balaban J connectivity index is 2.66. The Bertz CT molecular complexity index is 197. The molecule has 1 aliphatic rings. The van der Waals surface area contributed by atoms with E-state index in [2.05, 4.69) is 18.7 Å². The molecule has 0 aromatic heterocycles. The molecule has 1 aliphatic carbocycles. The van der Waals surface area contributed by atoms with Gasteiger partial charge in [-0.1, -0.05) is 12.2 Å². The predicted octanol–water partition coefficient (Wildman–Crippen LogP) is 1.69. The lowest BCUT2D eigenvalue weighted by atomic mass is 10.1. The van der Waals surface area contributed by atoms with Crippen molar-refractivity contribution in [2.24, 2.45) is 0 Å². The molecule has 0 radical (unpaired) electrons. The zero-order chi connectivity index (χ0) is 6.69. The molecule has 0 aliphatic heterocycles. The fraction of sp³-hybridized carbons (Fsp3) is 0.286. The third kappa shape index (κ3) is 1.62. The van der Waals surface area contributed by atoms with Gasteiger partial charge in [0, 0.05) is 10.8 Å². The maximum Gasteiger partial charge on any atom is 0.0988 e. The third-order valence-corrected chi connectivity index (χ3v) is 1.59. The minimum atomic E-state index is 0.307. The molecule has 1 unspecified atom stereocenters. The van der Waals surface area contributed by atoms with E-state index in [0.29, 0.717) is 5.25 Å². The van der Waals surface area contributed by atoms with Crippen molar-refractivity contribution in [3.05, 3.63) is 23.8 Å². The molecular formula is C7H7NS. The van der Waals surface area contributed by atoms with E-state index in [9.17, 15) is 0 Å². The third-order valence-electron chi connectivity index (χ3n) is 1.21. The maximum absolute atomic E-state index is 8.38. The van der Waals surface area contributed by atoms with Gasteiger partial charge in [0.05, 0.1) is 6.07 Å². The van der Waals surface area contributed by atoms with Crippen LogP contribution in [0.4, 0.5) is 0 Å². The van der Waals surface area contributed by atoms with E-state index in [1.54, 1.807) is 6.08 Å². The summed E-state index contributed by atoms with van der Waals surface area (Å²) >= 11 is 4.20. The van der Waals surface area contributed by atoms with Crippen LogP contribution in [-0.2, 0) is 0 Å². The molecule has 46 valence electrons. The molecule has 0 aromatic rings. The van der Waals surface area contributed by atoms with E-state index in [1.807, 2.05) is 12.2 Å². The first kappa shape index (κ1) is 6.44. The maximum atomic E-state index is 8.38. The van der Waals surface area contributed by atoms with E-state index < -0.39 is 0 Å². The summed E-state index contributed by atoms with van der Waals surface area (Å²) in [6.07, 6.45) is 6.52. The van der Waals surface area contributed by atoms with Gasteiger partial charge in [-0.15, -0.1) is 0 Å². The second kappa shape index (κ2) is 2.75. The molecule has 0 spiro atoms. The average molecular weight is 137 g/mol. The van der Waals surface area contributed by atoms with Crippen molar-refractivity contribution in [1.82, 2.24) is 0 Å².